The van der Waals surface area contributed by atoms with Gasteiger partial charge in [-0.15, -0.1) is 11.3 Å². The molecular formula is C12H17F3N2S. The molecule has 0 aromatic carbocycles. The summed E-state index contributed by atoms with van der Waals surface area (Å²) in [4.78, 5) is 4.11. The average molecular weight is 278 g/mol. The molecule has 1 aromatic rings. The maximum absolute atomic E-state index is 12.9. The molecule has 1 fully saturated rings. The lowest BCUT2D eigenvalue weighted by Gasteiger charge is -2.13. The SMILES string of the molecule is CC(C)(C)c1nc(C(F)(F)F)c(CNC2CC2)s1. The first kappa shape index (κ1) is 13.8. The quantitative estimate of drug-likeness (QED) is 0.911. The zero-order valence-corrected chi connectivity index (χ0v) is 11.5. The van der Waals surface area contributed by atoms with Gasteiger partial charge in [0.15, 0.2) is 5.69 Å². The van der Waals surface area contributed by atoms with Crippen LogP contribution in [0.5, 0.6) is 0 Å². The molecule has 2 rings (SSSR count). The van der Waals surface area contributed by atoms with Crippen molar-refractivity contribution >= 4 is 11.3 Å². The number of rotatable bonds is 3. The minimum absolute atomic E-state index is 0.271. The molecule has 2 nitrogen and oxygen atoms in total. The van der Waals surface area contributed by atoms with Gasteiger partial charge in [0.25, 0.3) is 0 Å². The third-order valence-electron chi connectivity index (χ3n) is 2.74. The highest BCUT2D eigenvalue weighted by atomic mass is 32.1. The Morgan fingerprint density at radius 2 is 1.89 bits per heavy atom. The Kier molecular flexibility index (Phi) is 3.44. The summed E-state index contributed by atoms with van der Waals surface area (Å²) in [6, 6.07) is 0.395. The normalized spacial score (nSPS) is 17.2. The molecule has 1 heterocycles. The molecule has 1 saturated carbocycles. The van der Waals surface area contributed by atoms with Crippen molar-refractivity contribution in [3.05, 3.63) is 15.6 Å². The summed E-state index contributed by atoms with van der Waals surface area (Å²) in [5.74, 6) is 0. The van der Waals surface area contributed by atoms with Crippen molar-refractivity contribution < 1.29 is 13.2 Å². The van der Waals surface area contributed by atoms with Crippen molar-refractivity contribution in [2.24, 2.45) is 0 Å². The molecule has 1 aromatic heterocycles. The van der Waals surface area contributed by atoms with Crippen molar-refractivity contribution in [3.63, 3.8) is 0 Å². The molecule has 18 heavy (non-hydrogen) atoms. The number of nitrogens with zero attached hydrogens (tertiary/aromatic N) is 1. The summed E-state index contributed by atoms with van der Waals surface area (Å²) >= 11 is 1.17. The van der Waals surface area contributed by atoms with E-state index in [2.05, 4.69) is 10.3 Å². The molecule has 0 amide bonds. The molecule has 0 radical (unpaired) electrons. The van der Waals surface area contributed by atoms with Crippen LogP contribution in [0.3, 0.4) is 0 Å². The first-order valence-corrected chi connectivity index (χ1v) is 6.80. The van der Waals surface area contributed by atoms with Gasteiger partial charge in [-0.05, 0) is 12.8 Å². The van der Waals surface area contributed by atoms with Crippen molar-refractivity contribution in [1.29, 1.82) is 0 Å². The highest BCUT2D eigenvalue weighted by molar-refractivity contribution is 7.11. The second-order valence-corrected chi connectivity index (χ2v) is 6.78. The third-order valence-corrected chi connectivity index (χ3v) is 4.22. The van der Waals surface area contributed by atoms with Gasteiger partial charge in [-0.25, -0.2) is 4.98 Å². The summed E-state index contributed by atoms with van der Waals surface area (Å²) in [6.07, 6.45) is -2.24. The van der Waals surface area contributed by atoms with Crippen LogP contribution in [0.1, 0.15) is 49.2 Å². The van der Waals surface area contributed by atoms with Crippen LogP contribution in [0.15, 0.2) is 0 Å². The van der Waals surface area contributed by atoms with Crippen LogP contribution in [0.4, 0.5) is 13.2 Å². The van der Waals surface area contributed by atoms with Gasteiger partial charge >= 0.3 is 6.18 Å². The first-order chi connectivity index (χ1) is 8.18. The smallest absolute Gasteiger partial charge is 0.309 e. The lowest BCUT2D eigenvalue weighted by Crippen LogP contribution is -2.18. The van der Waals surface area contributed by atoms with Crippen molar-refractivity contribution in [2.75, 3.05) is 0 Å². The van der Waals surface area contributed by atoms with E-state index in [0.29, 0.717) is 15.9 Å². The van der Waals surface area contributed by atoms with E-state index in [1.165, 1.54) is 11.3 Å². The van der Waals surface area contributed by atoms with Crippen LogP contribution in [0.25, 0.3) is 0 Å². The Morgan fingerprint density at radius 3 is 2.33 bits per heavy atom. The van der Waals surface area contributed by atoms with Crippen LogP contribution in [0.2, 0.25) is 0 Å². The summed E-state index contributed by atoms with van der Waals surface area (Å²) < 4.78 is 38.7. The fourth-order valence-corrected chi connectivity index (χ4v) is 2.63. The molecule has 0 bridgehead atoms. The standard InChI is InChI=1S/C12H17F3N2S/c1-11(2,3)10-17-9(12(13,14)15)8(18-10)6-16-7-4-5-7/h7,16H,4-6H2,1-3H3. The maximum Gasteiger partial charge on any atom is 0.434 e. The molecule has 1 aliphatic rings. The van der Waals surface area contributed by atoms with E-state index in [0.717, 1.165) is 12.8 Å². The van der Waals surface area contributed by atoms with E-state index >= 15 is 0 Å². The second-order valence-electron chi connectivity index (χ2n) is 5.69. The number of hydrogen-bond donors (Lipinski definition) is 1. The molecule has 1 aliphatic carbocycles. The predicted octanol–water partition coefficient (Wildman–Crippen LogP) is 3.71. The number of aromatic nitrogens is 1. The molecule has 102 valence electrons. The van der Waals surface area contributed by atoms with E-state index in [-0.39, 0.29) is 12.0 Å². The van der Waals surface area contributed by atoms with Crippen LogP contribution < -0.4 is 5.32 Å². The number of thiazole rings is 1. The summed E-state index contributed by atoms with van der Waals surface area (Å²) in [6.45, 7) is 5.91. The Balaban J connectivity index is 2.26. The van der Waals surface area contributed by atoms with Gasteiger partial charge in [0.1, 0.15) is 0 Å². The van der Waals surface area contributed by atoms with E-state index in [1.54, 1.807) is 0 Å². The van der Waals surface area contributed by atoms with Gasteiger partial charge in [-0.1, -0.05) is 20.8 Å². The molecule has 0 saturated heterocycles. The summed E-state index contributed by atoms with van der Waals surface area (Å²) in [5.41, 5.74) is -1.06. The number of halogens is 3. The largest absolute Gasteiger partial charge is 0.434 e. The van der Waals surface area contributed by atoms with Crippen LogP contribution in [-0.2, 0) is 18.1 Å². The fourth-order valence-electron chi connectivity index (χ4n) is 1.54. The predicted molar refractivity (Wildman–Crippen MR) is 65.7 cm³/mol. The Bertz CT molecular complexity index is 428. The summed E-state index contributed by atoms with van der Waals surface area (Å²) in [7, 11) is 0. The molecule has 1 N–H and O–H groups in total. The minimum Gasteiger partial charge on any atom is -0.309 e. The second kappa shape index (κ2) is 4.49. The van der Waals surface area contributed by atoms with E-state index in [9.17, 15) is 13.2 Å². The minimum atomic E-state index is -4.36. The Labute approximate surface area is 109 Å². The molecule has 0 spiro atoms. The van der Waals surface area contributed by atoms with Crippen LogP contribution >= 0.6 is 11.3 Å². The van der Waals surface area contributed by atoms with Gasteiger partial charge in [0, 0.05) is 18.0 Å². The molecule has 6 heteroatoms. The lowest BCUT2D eigenvalue weighted by molar-refractivity contribution is -0.141. The Morgan fingerprint density at radius 1 is 1.28 bits per heavy atom. The summed E-state index contributed by atoms with van der Waals surface area (Å²) in [5, 5.41) is 3.66. The van der Waals surface area contributed by atoms with Gasteiger partial charge < -0.3 is 5.32 Å². The first-order valence-electron chi connectivity index (χ1n) is 5.98. The lowest BCUT2D eigenvalue weighted by atomic mass is 9.98. The average Bonchev–Trinajstić information content (AvgIpc) is 2.89. The highest BCUT2D eigenvalue weighted by Crippen LogP contribution is 2.38. The van der Waals surface area contributed by atoms with Gasteiger partial charge in [0.05, 0.1) is 9.88 Å². The molecule has 0 atom stereocenters. The van der Waals surface area contributed by atoms with E-state index in [1.807, 2.05) is 20.8 Å². The monoisotopic (exact) mass is 278 g/mol. The zero-order valence-electron chi connectivity index (χ0n) is 10.7. The highest BCUT2D eigenvalue weighted by Gasteiger charge is 2.39. The maximum atomic E-state index is 12.9. The van der Waals surface area contributed by atoms with Crippen molar-refractivity contribution in [2.45, 2.75) is 57.8 Å². The van der Waals surface area contributed by atoms with E-state index in [4.69, 9.17) is 0 Å². The van der Waals surface area contributed by atoms with Crippen LogP contribution in [-0.4, -0.2) is 11.0 Å². The topological polar surface area (TPSA) is 24.9 Å². The number of hydrogen-bond acceptors (Lipinski definition) is 3. The third kappa shape index (κ3) is 3.23. The molecule has 0 aliphatic heterocycles. The van der Waals surface area contributed by atoms with Gasteiger partial charge in [-0.2, -0.15) is 13.2 Å². The van der Waals surface area contributed by atoms with Gasteiger partial charge in [-0.3, -0.25) is 0 Å². The molecule has 0 unspecified atom stereocenters. The fraction of sp³-hybridized carbons (Fsp3) is 0.750. The van der Waals surface area contributed by atoms with Crippen molar-refractivity contribution in [1.82, 2.24) is 10.3 Å². The number of nitrogens with one attached hydrogen (secondary N) is 1. The van der Waals surface area contributed by atoms with Crippen molar-refractivity contribution in [3.8, 4) is 0 Å². The van der Waals surface area contributed by atoms with Gasteiger partial charge in [0.2, 0.25) is 0 Å². The molecular weight excluding hydrogens is 261 g/mol. The van der Waals surface area contributed by atoms with Crippen LogP contribution in [0, 0.1) is 0 Å². The zero-order chi connectivity index (χ0) is 13.6. The Hall–Kier alpha value is -0.620. The van der Waals surface area contributed by atoms with E-state index < -0.39 is 11.9 Å². The number of alkyl halides is 3.